The van der Waals surface area contributed by atoms with Crippen LogP contribution in [-0.2, 0) is 11.8 Å². The van der Waals surface area contributed by atoms with E-state index in [0.29, 0.717) is 17.5 Å². The van der Waals surface area contributed by atoms with E-state index in [4.69, 9.17) is 5.73 Å². The minimum absolute atomic E-state index is 0.170. The maximum Gasteiger partial charge on any atom is 0.248 e. The van der Waals surface area contributed by atoms with Crippen molar-refractivity contribution in [2.45, 2.75) is 57.9 Å². The molecule has 1 aliphatic heterocycles. The van der Waals surface area contributed by atoms with Crippen LogP contribution in [0.2, 0.25) is 0 Å². The van der Waals surface area contributed by atoms with Crippen LogP contribution in [0.4, 0.5) is 0 Å². The molecule has 2 unspecified atom stereocenters. The van der Waals surface area contributed by atoms with Gasteiger partial charge in [0.25, 0.3) is 0 Å². The van der Waals surface area contributed by atoms with Crippen LogP contribution < -0.4 is 5.73 Å². The number of nitrogens with two attached hydrogens (primary N) is 1. The second kappa shape index (κ2) is 5.59. The fourth-order valence-corrected chi connectivity index (χ4v) is 5.27. The van der Waals surface area contributed by atoms with E-state index in [9.17, 15) is 4.79 Å². The largest absolute Gasteiger partial charge is 0.366 e. The molecule has 130 valence electrons. The highest BCUT2D eigenvalue weighted by atomic mass is 16.1. The molecular formula is C21H30N2O. The van der Waals surface area contributed by atoms with Gasteiger partial charge in [0.2, 0.25) is 5.91 Å². The number of likely N-dealkylation sites (tertiary alicyclic amines) is 1. The highest BCUT2D eigenvalue weighted by Gasteiger charge is 2.48. The van der Waals surface area contributed by atoms with Crippen LogP contribution in [0.15, 0.2) is 18.2 Å². The van der Waals surface area contributed by atoms with Gasteiger partial charge in [0.05, 0.1) is 0 Å². The standard InChI is InChI=1S/C21H30N2O/c1-13(15-4-5-15)12-23-9-8-21(3)14(2)19(23)11-16-6-7-17(20(22)24)10-18(16)21/h6-7,10,13-15,19H,4-5,8-9,11-12H2,1-3H3,(H2,22,24)/t13-,14?,19+,21?/m0/s1. The van der Waals surface area contributed by atoms with Gasteiger partial charge in [-0.05, 0) is 78.7 Å². The Morgan fingerprint density at radius 3 is 2.83 bits per heavy atom. The summed E-state index contributed by atoms with van der Waals surface area (Å²) in [5.41, 5.74) is 9.14. The molecule has 2 N–H and O–H groups in total. The molecule has 1 heterocycles. The Labute approximate surface area is 145 Å². The number of amides is 1. The van der Waals surface area contributed by atoms with E-state index in [0.717, 1.165) is 18.3 Å². The summed E-state index contributed by atoms with van der Waals surface area (Å²) in [7, 11) is 0. The molecule has 0 spiro atoms. The van der Waals surface area contributed by atoms with E-state index in [1.807, 2.05) is 6.07 Å². The van der Waals surface area contributed by atoms with Crippen molar-refractivity contribution in [1.82, 2.24) is 4.90 Å². The summed E-state index contributed by atoms with van der Waals surface area (Å²) < 4.78 is 0. The lowest BCUT2D eigenvalue weighted by Gasteiger charge is -2.55. The van der Waals surface area contributed by atoms with E-state index in [1.54, 1.807) is 0 Å². The van der Waals surface area contributed by atoms with Crippen molar-refractivity contribution in [2.75, 3.05) is 13.1 Å². The first-order valence-electron chi connectivity index (χ1n) is 9.57. The van der Waals surface area contributed by atoms with Gasteiger partial charge >= 0.3 is 0 Å². The van der Waals surface area contributed by atoms with E-state index in [-0.39, 0.29) is 11.3 Å². The number of primary amides is 1. The summed E-state index contributed by atoms with van der Waals surface area (Å²) >= 11 is 0. The van der Waals surface area contributed by atoms with Crippen LogP contribution in [0.5, 0.6) is 0 Å². The van der Waals surface area contributed by atoms with Crippen LogP contribution in [0.3, 0.4) is 0 Å². The molecule has 1 aromatic rings. The van der Waals surface area contributed by atoms with E-state index >= 15 is 0 Å². The molecule has 4 atom stereocenters. The van der Waals surface area contributed by atoms with Gasteiger partial charge in [-0.25, -0.2) is 0 Å². The second-order valence-corrected chi connectivity index (χ2v) is 8.77. The zero-order chi connectivity index (χ0) is 17.1. The first-order valence-corrected chi connectivity index (χ1v) is 9.57. The summed E-state index contributed by atoms with van der Waals surface area (Å²) in [6.45, 7) is 9.69. The smallest absolute Gasteiger partial charge is 0.248 e. The summed E-state index contributed by atoms with van der Waals surface area (Å²) in [5, 5.41) is 0. The summed E-state index contributed by atoms with van der Waals surface area (Å²) in [4.78, 5) is 14.4. The molecule has 3 heteroatoms. The molecule has 2 bridgehead atoms. The average molecular weight is 326 g/mol. The Kier molecular flexibility index (Phi) is 3.76. The average Bonchev–Trinajstić information content (AvgIpc) is 3.38. The molecule has 1 saturated heterocycles. The Balaban J connectivity index is 1.64. The predicted octanol–water partition coefficient (Wildman–Crippen LogP) is 3.36. The number of benzene rings is 1. The van der Waals surface area contributed by atoms with E-state index < -0.39 is 0 Å². The lowest BCUT2D eigenvalue weighted by molar-refractivity contribution is 0.0206. The van der Waals surface area contributed by atoms with Gasteiger partial charge in [0.1, 0.15) is 0 Å². The van der Waals surface area contributed by atoms with Gasteiger partial charge in [-0.1, -0.05) is 26.8 Å². The highest BCUT2D eigenvalue weighted by molar-refractivity contribution is 5.93. The Bertz CT molecular complexity index is 666. The lowest BCUT2D eigenvalue weighted by atomic mass is 9.58. The van der Waals surface area contributed by atoms with Crippen molar-refractivity contribution in [1.29, 1.82) is 0 Å². The minimum atomic E-state index is -0.313. The molecule has 1 saturated carbocycles. The van der Waals surface area contributed by atoms with Crippen LogP contribution in [-0.4, -0.2) is 29.9 Å². The van der Waals surface area contributed by atoms with Gasteiger partial charge in [-0.2, -0.15) is 0 Å². The summed E-state index contributed by atoms with van der Waals surface area (Å²) in [6, 6.07) is 6.78. The molecule has 1 amide bonds. The maximum atomic E-state index is 11.6. The van der Waals surface area contributed by atoms with Crippen LogP contribution in [0.25, 0.3) is 0 Å². The first kappa shape index (κ1) is 16.1. The molecular weight excluding hydrogens is 296 g/mol. The summed E-state index contributed by atoms with van der Waals surface area (Å²) in [6.07, 6.45) is 5.16. The fourth-order valence-electron chi connectivity index (χ4n) is 5.27. The van der Waals surface area contributed by atoms with Crippen molar-refractivity contribution >= 4 is 5.91 Å². The van der Waals surface area contributed by atoms with Gasteiger partial charge in [-0.15, -0.1) is 0 Å². The number of nitrogens with zero attached hydrogens (tertiary/aromatic N) is 1. The third-order valence-electron chi connectivity index (χ3n) is 7.36. The Hall–Kier alpha value is -1.35. The van der Waals surface area contributed by atoms with Gasteiger partial charge in [0.15, 0.2) is 0 Å². The van der Waals surface area contributed by atoms with Crippen molar-refractivity contribution < 1.29 is 4.79 Å². The monoisotopic (exact) mass is 326 g/mol. The number of piperidine rings is 1. The predicted molar refractivity (Wildman–Crippen MR) is 97.0 cm³/mol. The molecule has 24 heavy (non-hydrogen) atoms. The van der Waals surface area contributed by atoms with Crippen molar-refractivity contribution in [2.24, 2.45) is 23.5 Å². The minimum Gasteiger partial charge on any atom is -0.366 e. The molecule has 1 aromatic carbocycles. The fraction of sp³-hybridized carbons (Fsp3) is 0.667. The van der Waals surface area contributed by atoms with Crippen LogP contribution in [0.1, 0.15) is 61.5 Å². The van der Waals surface area contributed by atoms with Crippen molar-refractivity contribution in [3.8, 4) is 0 Å². The van der Waals surface area contributed by atoms with Crippen molar-refractivity contribution in [3.05, 3.63) is 34.9 Å². The van der Waals surface area contributed by atoms with Gasteiger partial charge < -0.3 is 5.73 Å². The zero-order valence-corrected chi connectivity index (χ0v) is 15.2. The number of hydrogen-bond donors (Lipinski definition) is 1. The molecule has 3 aliphatic rings. The Morgan fingerprint density at radius 2 is 2.17 bits per heavy atom. The van der Waals surface area contributed by atoms with Gasteiger partial charge in [0, 0.05) is 18.2 Å². The number of carbonyl (C=O) groups excluding carboxylic acids is 1. The molecule has 0 radical (unpaired) electrons. The molecule has 0 aromatic heterocycles. The molecule has 4 rings (SSSR count). The third-order valence-corrected chi connectivity index (χ3v) is 7.36. The first-order chi connectivity index (χ1) is 11.4. The normalized spacial score (nSPS) is 33.8. The number of rotatable bonds is 4. The lowest BCUT2D eigenvalue weighted by Crippen LogP contribution is -2.58. The highest BCUT2D eigenvalue weighted by Crippen LogP contribution is 2.49. The van der Waals surface area contributed by atoms with Crippen LogP contribution >= 0.6 is 0 Å². The zero-order valence-electron chi connectivity index (χ0n) is 15.2. The molecule has 3 nitrogen and oxygen atoms in total. The maximum absolute atomic E-state index is 11.6. The molecule has 2 aliphatic carbocycles. The van der Waals surface area contributed by atoms with Gasteiger partial charge in [-0.3, -0.25) is 9.69 Å². The topological polar surface area (TPSA) is 46.3 Å². The van der Waals surface area contributed by atoms with Crippen LogP contribution in [0, 0.1) is 17.8 Å². The Morgan fingerprint density at radius 1 is 1.42 bits per heavy atom. The quantitative estimate of drug-likeness (QED) is 0.922. The summed E-state index contributed by atoms with van der Waals surface area (Å²) in [5.74, 6) is 2.11. The SMILES string of the molecule is CC1[C@H]2Cc3ccc(C(N)=O)cc3C1(C)CCN2C[C@H](C)C1CC1. The second-order valence-electron chi connectivity index (χ2n) is 8.77. The number of fused-ring (bicyclic) bond motifs is 4. The molecule has 2 fully saturated rings. The number of hydrogen-bond acceptors (Lipinski definition) is 2. The van der Waals surface area contributed by atoms with E-state index in [1.165, 1.54) is 43.5 Å². The third kappa shape index (κ3) is 2.48. The van der Waals surface area contributed by atoms with E-state index in [2.05, 4.69) is 37.8 Å². The number of carbonyl (C=O) groups is 1. The van der Waals surface area contributed by atoms with Crippen molar-refractivity contribution in [3.63, 3.8) is 0 Å².